The summed E-state index contributed by atoms with van der Waals surface area (Å²) < 4.78 is 2.77. The molecule has 16 heavy (non-hydrogen) atoms. The minimum Gasteiger partial charge on any atom is -0.329 e. The lowest BCUT2D eigenvalue weighted by molar-refractivity contribution is 0.790. The maximum absolute atomic E-state index is 8.81. The third kappa shape index (κ3) is 2.29. The minimum absolute atomic E-state index is 0.643. The summed E-state index contributed by atoms with van der Waals surface area (Å²) in [6, 6.07) is 7.76. The van der Waals surface area contributed by atoms with Gasteiger partial charge in [0.05, 0.1) is 5.56 Å². The predicted molar refractivity (Wildman–Crippen MR) is 66.2 cm³/mol. The standard InChI is InChI=1S/C11H8BrN3S/c1-15-5-4-14-11(15)16-9-3-2-8(7-13)10(12)6-9/h2-6H,1H3. The third-order valence-electron chi connectivity index (χ3n) is 2.05. The lowest BCUT2D eigenvalue weighted by atomic mass is 10.2. The number of hydrogen-bond donors (Lipinski definition) is 0. The van der Waals surface area contributed by atoms with Crippen LogP contribution < -0.4 is 0 Å². The second kappa shape index (κ2) is 4.73. The van der Waals surface area contributed by atoms with Crippen molar-refractivity contribution in [3.8, 4) is 6.07 Å². The lowest BCUT2D eigenvalue weighted by Gasteiger charge is -2.02. The zero-order chi connectivity index (χ0) is 11.5. The molecule has 0 atom stereocenters. The Morgan fingerprint density at radius 1 is 1.50 bits per heavy atom. The van der Waals surface area contributed by atoms with Gasteiger partial charge in [-0.2, -0.15) is 5.26 Å². The molecule has 1 aromatic carbocycles. The minimum atomic E-state index is 0.643. The molecule has 3 nitrogen and oxygen atoms in total. The van der Waals surface area contributed by atoms with E-state index in [4.69, 9.17) is 5.26 Å². The van der Waals surface area contributed by atoms with Gasteiger partial charge in [0.1, 0.15) is 6.07 Å². The van der Waals surface area contributed by atoms with E-state index in [1.54, 1.807) is 24.0 Å². The number of halogens is 1. The maximum atomic E-state index is 8.81. The van der Waals surface area contributed by atoms with Crippen LogP contribution in [0.3, 0.4) is 0 Å². The summed E-state index contributed by atoms with van der Waals surface area (Å²) >= 11 is 4.93. The van der Waals surface area contributed by atoms with E-state index in [0.29, 0.717) is 5.56 Å². The second-order valence-electron chi connectivity index (χ2n) is 3.18. The molecule has 0 amide bonds. The molecule has 0 N–H and O–H groups in total. The summed E-state index contributed by atoms with van der Waals surface area (Å²) in [6.45, 7) is 0. The van der Waals surface area contributed by atoms with Gasteiger partial charge in [0, 0.05) is 28.8 Å². The Hall–Kier alpha value is -1.25. The van der Waals surface area contributed by atoms with E-state index >= 15 is 0 Å². The molecule has 0 unspecified atom stereocenters. The molecule has 0 aliphatic carbocycles. The molecule has 0 spiro atoms. The first-order chi connectivity index (χ1) is 7.70. The fourth-order valence-electron chi connectivity index (χ4n) is 1.21. The Labute approximate surface area is 106 Å². The van der Waals surface area contributed by atoms with Gasteiger partial charge in [-0.1, -0.05) is 11.8 Å². The molecule has 2 rings (SSSR count). The molecule has 0 saturated carbocycles. The summed E-state index contributed by atoms with van der Waals surface area (Å²) in [4.78, 5) is 5.28. The summed E-state index contributed by atoms with van der Waals surface area (Å²) in [5.74, 6) is 0. The fraction of sp³-hybridized carbons (Fsp3) is 0.0909. The number of benzene rings is 1. The molecule has 1 aromatic heterocycles. The van der Waals surface area contributed by atoms with Crippen LogP contribution >= 0.6 is 27.7 Å². The van der Waals surface area contributed by atoms with E-state index in [1.165, 1.54) is 0 Å². The lowest BCUT2D eigenvalue weighted by Crippen LogP contribution is -1.88. The van der Waals surface area contributed by atoms with Crippen molar-refractivity contribution in [2.45, 2.75) is 10.1 Å². The average Bonchev–Trinajstić information content (AvgIpc) is 2.65. The summed E-state index contributed by atoms with van der Waals surface area (Å²) in [5, 5.41) is 9.73. The van der Waals surface area contributed by atoms with Crippen LogP contribution in [0, 0.1) is 11.3 Å². The first kappa shape index (κ1) is 11.2. The van der Waals surface area contributed by atoms with Gasteiger partial charge in [0.2, 0.25) is 0 Å². The molecule has 5 heteroatoms. The van der Waals surface area contributed by atoms with E-state index in [9.17, 15) is 0 Å². The van der Waals surface area contributed by atoms with Crippen molar-refractivity contribution in [3.63, 3.8) is 0 Å². The fourth-order valence-corrected chi connectivity index (χ4v) is 2.67. The molecule has 0 aliphatic heterocycles. The van der Waals surface area contributed by atoms with Gasteiger partial charge in [-0.25, -0.2) is 4.98 Å². The monoisotopic (exact) mass is 293 g/mol. The van der Waals surface area contributed by atoms with Crippen molar-refractivity contribution >= 4 is 27.7 Å². The number of aromatic nitrogens is 2. The Morgan fingerprint density at radius 3 is 2.88 bits per heavy atom. The van der Waals surface area contributed by atoms with Gasteiger partial charge in [0.25, 0.3) is 0 Å². The summed E-state index contributed by atoms with van der Waals surface area (Å²) in [5.41, 5.74) is 0.643. The summed E-state index contributed by atoms with van der Waals surface area (Å²) in [6.07, 6.45) is 3.67. The van der Waals surface area contributed by atoms with Crippen molar-refractivity contribution < 1.29 is 0 Å². The number of hydrogen-bond acceptors (Lipinski definition) is 3. The largest absolute Gasteiger partial charge is 0.329 e. The molecule has 80 valence electrons. The van der Waals surface area contributed by atoms with Crippen LogP contribution in [0.1, 0.15) is 5.56 Å². The van der Waals surface area contributed by atoms with E-state index in [0.717, 1.165) is 14.5 Å². The van der Waals surface area contributed by atoms with Crippen LogP contribution in [0.4, 0.5) is 0 Å². The van der Waals surface area contributed by atoms with Crippen molar-refractivity contribution in [1.29, 1.82) is 5.26 Å². The molecule has 0 radical (unpaired) electrons. The maximum Gasteiger partial charge on any atom is 0.172 e. The second-order valence-corrected chi connectivity index (χ2v) is 5.07. The number of nitrogens with zero attached hydrogens (tertiary/aromatic N) is 3. The zero-order valence-electron chi connectivity index (χ0n) is 8.51. The van der Waals surface area contributed by atoms with Crippen LogP contribution in [-0.2, 0) is 7.05 Å². The van der Waals surface area contributed by atoms with Gasteiger partial charge in [0.15, 0.2) is 5.16 Å². The quantitative estimate of drug-likeness (QED) is 0.854. The van der Waals surface area contributed by atoms with E-state index in [1.807, 2.05) is 29.9 Å². The average molecular weight is 294 g/mol. The molecule has 2 aromatic rings. The molecular weight excluding hydrogens is 286 g/mol. The Balaban J connectivity index is 2.27. The van der Waals surface area contributed by atoms with E-state index < -0.39 is 0 Å². The SMILES string of the molecule is Cn1ccnc1Sc1ccc(C#N)c(Br)c1. The van der Waals surface area contributed by atoms with Crippen molar-refractivity contribution in [2.75, 3.05) is 0 Å². The third-order valence-corrected chi connectivity index (χ3v) is 3.77. The Bertz CT molecular complexity index is 557. The van der Waals surface area contributed by atoms with Gasteiger partial charge < -0.3 is 4.57 Å². The first-order valence-corrected chi connectivity index (χ1v) is 6.16. The van der Waals surface area contributed by atoms with Crippen LogP contribution in [0.5, 0.6) is 0 Å². The number of rotatable bonds is 2. The van der Waals surface area contributed by atoms with Crippen LogP contribution in [0.2, 0.25) is 0 Å². The smallest absolute Gasteiger partial charge is 0.172 e. The molecule has 0 aliphatic rings. The molecule has 0 saturated heterocycles. The predicted octanol–water partition coefficient (Wildman–Crippen LogP) is 3.21. The molecule has 1 heterocycles. The molecule has 0 bridgehead atoms. The van der Waals surface area contributed by atoms with Crippen LogP contribution in [0.15, 0.2) is 45.1 Å². The van der Waals surface area contributed by atoms with Gasteiger partial charge in [-0.3, -0.25) is 0 Å². The topological polar surface area (TPSA) is 41.6 Å². The van der Waals surface area contributed by atoms with Crippen LogP contribution in [-0.4, -0.2) is 9.55 Å². The number of nitriles is 1. The van der Waals surface area contributed by atoms with Gasteiger partial charge >= 0.3 is 0 Å². The highest BCUT2D eigenvalue weighted by Crippen LogP contribution is 2.29. The van der Waals surface area contributed by atoms with Crippen molar-refractivity contribution in [1.82, 2.24) is 9.55 Å². The van der Waals surface area contributed by atoms with Crippen molar-refractivity contribution in [2.24, 2.45) is 7.05 Å². The number of aryl methyl sites for hydroxylation is 1. The van der Waals surface area contributed by atoms with Crippen LogP contribution in [0.25, 0.3) is 0 Å². The first-order valence-electron chi connectivity index (χ1n) is 4.55. The van der Waals surface area contributed by atoms with Gasteiger partial charge in [-0.05, 0) is 34.1 Å². The highest BCUT2D eigenvalue weighted by atomic mass is 79.9. The highest BCUT2D eigenvalue weighted by Gasteiger charge is 2.05. The number of imidazole rings is 1. The van der Waals surface area contributed by atoms with E-state index in [2.05, 4.69) is 27.0 Å². The molecular formula is C11H8BrN3S. The van der Waals surface area contributed by atoms with Gasteiger partial charge in [-0.15, -0.1) is 0 Å². The zero-order valence-corrected chi connectivity index (χ0v) is 10.9. The highest BCUT2D eigenvalue weighted by molar-refractivity contribution is 9.10. The van der Waals surface area contributed by atoms with E-state index in [-0.39, 0.29) is 0 Å². The molecule has 0 fully saturated rings. The summed E-state index contributed by atoms with van der Waals surface area (Å²) in [7, 11) is 1.95. The Morgan fingerprint density at radius 2 is 2.31 bits per heavy atom. The van der Waals surface area contributed by atoms with Crippen molar-refractivity contribution in [3.05, 3.63) is 40.6 Å². The normalized spacial score (nSPS) is 10.1. The Kier molecular flexibility index (Phi) is 3.32.